The average Bonchev–Trinajstić information content (AvgIpc) is 2.77. The normalized spacial score (nSPS) is 24.9. The van der Waals surface area contributed by atoms with E-state index in [2.05, 4.69) is 12.2 Å². The summed E-state index contributed by atoms with van der Waals surface area (Å²) >= 11 is 0. The maximum atomic E-state index is 12.7. The molecule has 1 aliphatic rings. The lowest BCUT2D eigenvalue weighted by Crippen LogP contribution is -2.27. The van der Waals surface area contributed by atoms with Crippen LogP contribution >= 0.6 is 0 Å². The van der Waals surface area contributed by atoms with Crippen LogP contribution in [0.3, 0.4) is 0 Å². The van der Waals surface area contributed by atoms with E-state index in [1.165, 1.54) is 25.0 Å². The smallest absolute Gasteiger partial charge is 0.313 e. The van der Waals surface area contributed by atoms with Gasteiger partial charge in [-0.25, -0.2) is 0 Å². The number of nitrogens with one attached hydrogen (secondary N) is 1. The molecule has 0 heterocycles. The van der Waals surface area contributed by atoms with Crippen molar-refractivity contribution in [3.63, 3.8) is 0 Å². The van der Waals surface area contributed by atoms with E-state index in [4.69, 9.17) is 0 Å². The lowest BCUT2D eigenvalue weighted by Gasteiger charge is -2.28. The van der Waals surface area contributed by atoms with E-state index in [-0.39, 0.29) is 6.04 Å². The summed E-state index contributed by atoms with van der Waals surface area (Å²) < 4.78 is 38.2. The standard InChI is InChI=1S/C16H22F3N/c1-10-5-4-6-13(10)15(20-3)14-8-7-12(9-11(14)2)16(17,18)19/h7-10,13,15,20H,4-6H2,1-3H3. The monoisotopic (exact) mass is 285 g/mol. The van der Waals surface area contributed by atoms with Crippen LogP contribution in [0.4, 0.5) is 13.2 Å². The molecule has 0 bridgehead atoms. The molecule has 0 spiro atoms. The first-order chi connectivity index (χ1) is 9.34. The Morgan fingerprint density at radius 3 is 2.40 bits per heavy atom. The molecule has 1 N–H and O–H groups in total. The van der Waals surface area contributed by atoms with Crippen molar-refractivity contribution in [1.82, 2.24) is 5.32 Å². The van der Waals surface area contributed by atoms with Gasteiger partial charge in [-0.2, -0.15) is 13.2 Å². The molecule has 3 unspecified atom stereocenters. The molecular weight excluding hydrogens is 263 g/mol. The van der Waals surface area contributed by atoms with Crippen molar-refractivity contribution in [2.45, 2.75) is 45.3 Å². The van der Waals surface area contributed by atoms with Crippen molar-refractivity contribution in [2.75, 3.05) is 7.05 Å². The summed E-state index contributed by atoms with van der Waals surface area (Å²) in [4.78, 5) is 0. The van der Waals surface area contributed by atoms with Crippen molar-refractivity contribution in [2.24, 2.45) is 11.8 Å². The van der Waals surface area contributed by atoms with Crippen LogP contribution in [0.5, 0.6) is 0 Å². The van der Waals surface area contributed by atoms with Gasteiger partial charge in [0.25, 0.3) is 0 Å². The number of benzene rings is 1. The van der Waals surface area contributed by atoms with Gasteiger partial charge in [0, 0.05) is 6.04 Å². The van der Waals surface area contributed by atoms with Crippen molar-refractivity contribution in [1.29, 1.82) is 0 Å². The molecule has 0 saturated heterocycles. The lowest BCUT2D eigenvalue weighted by molar-refractivity contribution is -0.137. The molecular formula is C16H22F3N. The molecule has 20 heavy (non-hydrogen) atoms. The molecule has 1 nitrogen and oxygen atoms in total. The molecule has 1 saturated carbocycles. The number of hydrogen-bond donors (Lipinski definition) is 1. The van der Waals surface area contributed by atoms with E-state index in [1.807, 2.05) is 7.05 Å². The Morgan fingerprint density at radius 2 is 1.95 bits per heavy atom. The molecule has 2 rings (SSSR count). The van der Waals surface area contributed by atoms with Gasteiger partial charge in [0.1, 0.15) is 0 Å². The van der Waals surface area contributed by atoms with Crippen LogP contribution < -0.4 is 5.32 Å². The van der Waals surface area contributed by atoms with Crippen LogP contribution in [0.1, 0.15) is 48.9 Å². The second-order valence-corrected chi connectivity index (χ2v) is 5.91. The fourth-order valence-electron chi connectivity index (χ4n) is 3.47. The van der Waals surface area contributed by atoms with Gasteiger partial charge in [-0.3, -0.25) is 0 Å². The summed E-state index contributed by atoms with van der Waals surface area (Å²) in [5.41, 5.74) is 1.16. The molecule has 1 aliphatic carbocycles. The van der Waals surface area contributed by atoms with E-state index in [0.717, 1.165) is 17.5 Å². The third-order valence-electron chi connectivity index (χ3n) is 4.60. The molecule has 0 amide bonds. The molecule has 1 fully saturated rings. The maximum absolute atomic E-state index is 12.7. The summed E-state index contributed by atoms with van der Waals surface area (Å²) in [5, 5.41) is 3.31. The van der Waals surface area contributed by atoms with E-state index in [9.17, 15) is 13.2 Å². The Balaban J connectivity index is 2.31. The van der Waals surface area contributed by atoms with Gasteiger partial charge < -0.3 is 5.32 Å². The second kappa shape index (κ2) is 5.76. The van der Waals surface area contributed by atoms with Gasteiger partial charge in [0.2, 0.25) is 0 Å². The van der Waals surface area contributed by atoms with Gasteiger partial charge in [0.05, 0.1) is 5.56 Å². The highest BCUT2D eigenvalue weighted by Gasteiger charge is 2.34. The van der Waals surface area contributed by atoms with Crippen LogP contribution in [0, 0.1) is 18.8 Å². The van der Waals surface area contributed by atoms with E-state index >= 15 is 0 Å². The van der Waals surface area contributed by atoms with Crippen molar-refractivity contribution < 1.29 is 13.2 Å². The Morgan fingerprint density at radius 1 is 1.25 bits per heavy atom. The number of halogens is 3. The fraction of sp³-hybridized carbons (Fsp3) is 0.625. The molecule has 4 heteroatoms. The summed E-state index contributed by atoms with van der Waals surface area (Å²) in [7, 11) is 1.90. The first kappa shape index (κ1) is 15.4. The topological polar surface area (TPSA) is 12.0 Å². The minimum atomic E-state index is -4.26. The zero-order valence-corrected chi connectivity index (χ0v) is 12.2. The third kappa shape index (κ3) is 3.00. The zero-order valence-electron chi connectivity index (χ0n) is 12.2. The highest BCUT2D eigenvalue weighted by Crippen LogP contribution is 2.41. The largest absolute Gasteiger partial charge is 0.416 e. The van der Waals surface area contributed by atoms with Crippen molar-refractivity contribution in [3.05, 3.63) is 34.9 Å². The Labute approximate surface area is 118 Å². The Bertz CT molecular complexity index is 467. The van der Waals surface area contributed by atoms with E-state index < -0.39 is 11.7 Å². The average molecular weight is 285 g/mol. The molecule has 0 aromatic heterocycles. The van der Waals surface area contributed by atoms with Gasteiger partial charge >= 0.3 is 6.18 Å². The first-order valence-corrected chi connectivity index (χ1v) is 7.19. The predicted octanol–water partition coefficient (Wildman–Crippen LogP) is 4.71. The fourth-order valence-corrected chi connectivity index (χ4v) is 3.47. The lowest BCUT2D eigenvalue weighted by atomic mass is 9.84. The highest BCUT2D eigenvalue weighted by molar-refractivity contribution is 5.35. The minimum absolute atomic E-state index is 0.148. The SMILES string of the molecule is CNC(c1ccc(C(F)(F)F)cc1C)C1CCCC1C. The van der Waals surface area contributed by atoms with Crippen LogP contribution in [0.2, 0.25) is 0 Å². The minimum Gasteiger partial charge on any atom is -0.313 e. The molecule has 1 aromatic carbocycles. The van der Waals surface area contributed by atoms with Gasteiger partial charge in [-0.05, 0) is 55.5 Å². The summed E-state index contributed by atoms with van der Waals surface area (Å²) in [5.74, 6) is 1.13. The van der Waals surface area contributed by atoms with Crippen LogP contribution in [-0.2, 0) is 6.18 Å². The molecule has 0 radical (unpaired) electrons. The van der Waals surface area contributed by atoms with E-state index in [1.54, 1.807) is 13.0 Å². The Kier molecular flexibility index (Phi) is 4.43. The molecule has 112 valence electrons. The van der Waals surface area contributed by atoms with Crippen molar-refractivity contribution >= 4 is 0 Å². The quantitative estimate of drug-likeness (QED) is 0.848. The van der Waals surface area contributed by atoms with Gasteiger partial charge in [-0.15, -0.1) is 0 Å². The number of rotatable bonds is 3. The zero-order chi connectivity index (χ0) is 14.9. The number of aryl methyl sites for hydroxylation is 1. The number of alkyl halides is 3. The summed E-state index contributed by atoms with van der Waals surface area (Å²) in [6.45, 7) is 4.01. The van der Waals surface area contributed by atoms with Crippen molar-refractivity contribution in [3.8, 4) is 0 Å². The molecule has 1 aromatic rings. The summed E-state index contributed by atoms with van der Waals surface area (Å²) in [6.07, 6.45) is -0.696. The molecule has 3 atom stereocenters. The van der Waals surface area contributed by atoms with Gasteiger partial charge in [0.15, 0.2) is 0 Å². The predicted molar refractivity (Wildman–Crippen MR) is 74.5 cm³/mol. The second-order valence-electron chi connectivity index (χ2n) is 5.91. The molecule has 0 aliphatic heterocycles. The van der Waals surface area contributed by atoms with Crippen LogP contribution in [0.25, 0.3) is 0 Å². The summed E-state index contributed by atoms with van der Waals surface area (Å²) in [6, 6.07) is 4.26. The third-order valence-corrected chi connectivity index (χ3v) is 4.60. The number of hydrogen-bond acceptors (Lipinski definition) is 1. The van der Waals surface area contributed by atoms with Crippen LogP contribution in [-0.4, -0.2) is 7.05 Å². The maximum Gasteiger partial charge on any atom is 0.416 e. The van der Waals surface area contributed by atoms with E-state index in [0.29, 0.717) is 11.8 Å². The van der Waals surface area contributed by atoms with Gasteiger partial charge in [-0.1, -0.05) is 25.8 Å². The Hall–Kier alpha value is -1.03. The van der Waals surface area contributed by atoms with Crippen LogP contribution in [0.15, 0.2) is 18.2 Å². The highest BCUT2D eigenvalue weighted by atomic mass is 19.4. The first-order valence-electron chi connectivity index (χ1n) is 7.19.